The molecule has 0 saturated heterocycles. The number of ketones is 1. The fraction of sp³-hybridized carbons (Fsp3) is 0.273. The maximum absolute atomic E-state index is 11.1. The summed E-state index contributed by atoms with van der Waals surface area (Å²) < 4.78 is 0. The largest absolute Gasteiger partial charge is 0.295 e. The molecule has 0 saturated carbocycles. The highest BCUT2D eigenvalue weighted by Crippen LogP contribution is 2.15. The van der Waals surface area contributed by atoms with Gasteiger partial charge in [0, 0.05) is 5.56 Å². The first-order valence-electron chi connectivity index (χ1n) is 4.08. The number of carbonyl (C=O) groups is 1. The minimum atomic E-state index is -0.000370. The van der Waals surface area contributed by atoms with Crippen LogP contribution in [0.3, 0.4) is 0 Å². The predicted molar refractivity (Wildman–Crippen MR) is 50.6 cm³/mol. The number of hydrogen-bond acceptors (Lipinski definition) is 2. The van der Waals surface area contributed by atoms with Gasteiger partial charge in [0.1, 0.15) is 0 Å². The summed E-state index contributed by atoms with van der Waals surface area (Å²) in [4.78, 5) is 11.1. The number of hydrogen-bond donors (Lipinski definition) is 0. The minimum absolute atomic E-state index is 0.000370. The Hall–Kier alpha value is -1.62. The van der Waals surface area contributed by atoms with E-state index in [1.54, 1.807) is 6.07 Å². The number of carbonyl (C=O) groups excluding carboxylic acids is 1. The van der Waals surface area contributed by atoms with Crippen LogP contribution < -0.4 is 0 Å². The van der Waals surface area contributed by atoms with E-state index < -0.39 is 0 Å². The number of nitriles is 1. The summed E-state index contributed by atoms with van der Waals surface area (Å²) in [5.41, 5.74) is 3.14. The minimum Gasteiger partial charge on any atom is -0.295 e. The number of benzene rings is 1. The van der Waals surface area contributed by atoms with Gasteiger partial charge in [0.2, 0.25) is 0 Å². The molecule has 0 amide bonds. The van der Waals surface area contributed by atoms with Crippen LogP contribution in [0.1, 0.15) is 34.0 Å². The van der Waals surface area contributed by atoms with E-state index in [-0.39, 0.29) is 5.78 Å². The van der Waals surface area contributed by atoms with Crippen molar-refractivity contribution in [3.05, 3.63) is 34.4 Å². The van der Waals surface area contributed by atoms with Gasteiger partial charge in [-0.1, -0.05) is 0 Å². The van der Waals surface area contributed by atoms with Crippen molar-refractivity contribution in [1.29, 1.82) is 5.26 Å². The van der Waals surface area contributed by atoms with E-state index in [1.807, 2.05) is 19.9 Å². The highest BCUT2D eigenvalue weighted by Gasteiger charge is 2.06. The summed E-state index contributed by atoms with van der Waals surface area (Å²) in [6.07, 6.45) is 0. The Morgan fingerprint density at radius 3 is 2.46 bits per heavy atom. The molecule has 1 rings (SSSR count). The average molecular weight is 173 g/mol. The molecule has 13 heavy (non-hydrogen) atoms. The van der Waals surface area contributed by atoms with Gasteiger partial charge in [-0.15, -0.1) is 0 Å². The van der Waals surface area contributed by atoms with Gasteiger partial charge in [-0.05, 0) is 44.0 Å². The molecule has 0 unspecified atom stereocenters. The van der Waals surface area contributed by atoms with Gasteiger partial charge in [-0.3, -0.25) is 4.79 Å². The molecule has 1 aromatic rings. The van der Waals surface area contributed by atoms with E-state index in [4.69, 9.17) is 5.26 Å². The summed E-state index contributed by atoms with van der Waals surface area (Å²) in [7, 11) is 0. The third-order valence-electron chi connectivity index (χ3n) is 2.19. The van der Waals surface area contributed by atoms with Crippen molar-refractivity contribution in [2.45, 2.75) is 20.8 Å². The summed E-state index contributed by atoms with van der Waals surface area (Å²) >= 11 is 0. The van der Waals surface area contributed by atoms with Gasteiger partial charge in [0.15, 0.2) is 5.78 Å². The first-order chi connectivity index (χ1) is 6.06. The summed E-state index contributed by atoms with van der Waals surface area (Å²) in [5, 5.41) is 8.79. The van der Waals surface area contributed by atoms with Gasteiger partial charge >= 0.3 is 0 Å². The van der Waals surface area contributed by atoms with Crippen molar-refractivity contribution >= 4 is 5.78 Å². The maximum Gasteiger partial charge on any atom is 0.159 e. The predicted octanol–water partition coefficient (Wildman–Crippen LogP) is 2.38. The topological polar surface area (TPSA) is 40.9 Å². The van der Waals surface area contributed by atoms with Crippen molar-refractivity contribution in [3.63, 3.8) is 0 Å². The number of nitrogens with zero attached hydrogens (tertiary/aromatic N) is 1. The lowest BCUT2D eigenvalue weighted by Gasteiger charge is -2.04. The molecule has 0 aliphatic rings. The molecule has 0 fully saturated rings. The van der Waals surface area contributed by atoms with Crippen LogP contribution in [0.2, 0.25) is 0 Å². The third kappa shape index (κ3) is 1.75. The molecular weight excluding hydrogens is 162 g/mol. The Balaban J connectivity index is 3.41. The second-order valence-electron chi connectivity index (χ2n) is 3.13. The van der Waals surface area contributed by atoms with Gasteiger partial charge in [-0.25, -0.2) is 0 Å². The average Bonchev–Trinajstić information content (AvgIpc) is 2.09. The van der Waals surface area contributed by atoms with Crippen molar-refractivity contribution in [3.8, 4) is 6.07 Å². The van der Waals surface area contributed by atoms with Crippen molar-refractivity contribution in [2.24, 2.45) is 0 Å². The Morgan fingerprint density at radius 1 is 1.38 bits per heavy atom. The Bertz CT molecular complexity index is 399. The maximum atomic E-state index is 11.1. The fourth-order valence-electron chi connectivity index (χ4n) is 1.18. The normalized spacial score (nSPS) is 9.38. The molecule has 0 bridgehead atoms. The second-order valence-corrected chi connectivity index (χ2v) is 3.13. The molecule has 2 nitrogen and oxygen atoms in total. The zero-order chi connectivity index (χ0) is 10.0. The highest BCUT2D eigenvalue weighted by molar-refractivity contribution is 5.94. The Kier molecular flexibility index (Phi) is 2.48. The highest BCUT2D eigenvalue weighted by atomic mass is 16.1. The zero-order valence-electron chi connectivity index (χ0n) is 8.01. The number of aryl methyl sites for hydroxylation is 1. The van der Waals surface area contributed by atoms with E-state index >= 15 is 0 Å². The number of rotatable bonds is 1. The summed E-state index contributed by atoms with van der Waals surface area (Å²) in [6, 6.07) is 5.54. The first-order valence-corrected chi connectivity index (χ1v) is 4.08. The molecule has 0 atom stereocenters. The lowest BCUT2D eigenvalue weighted by Crippen LogP contribution is -1.96. The fourth-order valence-corrected chi connectivity index (χ4v) is 1.18. The quantitative estimate of drug-likeness (QED) is 0.612. The van der Waals surface area contributed by atoms with Gasteiger partial charge < -0.3 is 0 Å². The molecule has 1 aromatic carbocycles. The molecule has 2 heteroatoms. The zero-order valence-corrected chi connectivity index (χ0v) is 8.01. The van der Waals surface area contributed by atoms with Crippen molar-refractivity contribution < 1.29 is 4.79 Å². The van der Waals surface area contributed by atoms with E-state index in [2.05, 4.69) is 6.07 Å². The Labute approximate surface area is 77.8 Å². The van der Waals surface area contributed by atoms with E-state index in [9.17, 15) is 4.79 Å². The molecule has 0 spiro atoms. The molecule has 0 heterocycles. The van der Waals surface area contributed by atoms with E-state index in [0.29, 0.717) is 11.1 Å². The molecule has 66 valence electrons. The lowest BCUT2D eigenvalue weighted by atomic mass is 9.99. The van der Waals surface area contributed by atoms with Gasteiger partial charge in [-0.2, -0.15) is 5.26 Å². The molecule has 0 N–H and O–H groups in total. The lowest BCUT2D eigenvalue weighted by molar-refractivity contribution is 0.101. The Morgan fingerprint density at radius 2 is 2.00 bits per heavy atom. The van der Waals surface area contributed by atoms with E-state index in [0.717, 1.165) is 11.1 Å². The van der Waals surface area contributed by atoms with E-state index in [1.165, 1.54) is 6.92 Å². The molecule has 0 radical (unpaired) electrons. The number of Topliss-reactive ketones (excluding diaryl/α,β-unsaturated/α-hetero) is 1. The molecule has 0 aromatic heterocycles. The van der Waals surface area contributed by atoms with Crippen LogP contribution in [-0.4, -0.2) is 5.78 Å². The second kappa shape index (κ2) is 3.40. The summed E-state index contributed by atoms with van der Waals surface area (Å²) in [5.74, 6) is -0.000370. The first kappa shape index (κ1) is 9.47. The van der Waals surface area contributed by atoms with Crippen LogP contribution in [-0.2, 0) is 0 Å². The standard InChI is InChI=1S/C11H11NO/c1-7-4-10(9(3)13)5-11(6-12)8(7)2/h4-5H,1-3H3. The molecule has 0 aliphatic carbocycles. The van der Waals surface area contributed by atoms with Crippen LogP contribution in [0, 0.1) is 25.2 Å². The van der Waals surface area contributed by atoms with Gasteiger partial charge in [0.05, 0.1) is 11.6 Å². The van der Waals surface area contributed by atoms with Crippen LogP contribution in [0.5, 0.6) is 0 Å². The van der Waals surface area contributed by atoms with Crippen molar-refractivity contribution in [1.82, 2.24) is 0 Å². The van der Waals surface area contributed by atoms with Gasteiger partial charge in [0.25, 0.3) is 0 Å². The summed E-state index contributed by atoms with van der Waals surface area (Å²) in [6.45, 7) is 5.30. The SMILES string of the molecule is CC(=O)c1cc(C)c(C)c(C#N)c1. The van der Waals surface area contributed by atoms with Crippen LogP contribution >= 0.6 is 0 Å². The van der Waals surface area contributed by atoms with Crippen LogP contribution in [0.25, 0.3) is 0 Å². The smallest absolute Gasteiger partial charge is 0.159 e. The van der Waals surface area contributed by atoms with Crippen LogP contribution in [0.4, 0.5) is 0 Å². The molecule has 0 aliphatic heterocycles. The van der Waals surface area contributed by atoms with Crippen LogP contribution in [0.15, 0.2) is 12.1 Å². The molecular formula is C11H11NO. The van der Waals surface area contributed by atoms with Crippen molar-refractivity contribution in [2.75, 3.05) is 0 Å². The third-order valence-corrected chi connectivity index (χ3v) is 2.19. The monoisotopic (exact) mass is 173 g/mol.